The molecule has 0 bridgehead atoms. The van der Waals surface area contributed by atoms with Crippen molar-refractivity contribution in [2.75, 3.05) is 50.8 Å². The summed E-state index contributed by atoms with van der Waals surface area (Å²) in [5.74, 6) is 2.37. The van der Waals surface area contributed by atoms with Crippen molar-refractivity contribution in [3.63, 3.8) is 0 Å². The van der Waals surface area contributed by atoms with Crippen molar-refractivity contribution < 1.29 is 9.84 Å². The predicted octanol–water partition coefficient (Wildman–Crippen LogP) is 2.84. The standard InChI is InChI=1S/C24H36N4O2/c1-18(2)16-30-17-22(29)15-27-10-12-28(13-11-27)24-23(19(3)25-20(4)26-24)14-21-8-6-5-7-9-21/h5-9,18,22,29H,10-17H2,1-4H3/t22-/m1/s1. The van der Waals surface area contributed by atoms with Crippen LogP contribution in [0.3, 0.4) is 0 Å². The maximum absolute atomic E-state index is 10.3. The van der Waals surface area contributed by atoms with Gasteiger partial charge in [-0.25, -0.2) is 9.97 Å². The topological polar surface area (TPSA) is 61.7 Å². The molecule has 0 spiro atoms. The number of aromatic nitrogens is 2. The summed E-state index contributed by atoms with van der Waals surface area (Å²) in [5, 5.41) is 10.3. The van der Waals surface area contributed by atoms with Gasteiger partial charge < -0.3 is 14.7 Å². The molecule has 30 heavy (non-hydrogen) atoms. The minimum Gasteiger partial charge on any atom is -0.389 e. The van der Waals surface area contributed by atoms with E-state index >= 15 is 0 Å². The molecule has 1 aromatic carbocycles. The third-order valence-corrected chi connectivity index (χ3v) is 5.43. The zero-order valence-electron chi connectivity index (χ0n) is 18.8. The number of rotatable bonds is 9. The molecule has 1 atom stereocenters. The highest BCUT2D eigenvalue weighted by Gasteiger charge is 2.23. The number of nitrogens with zero attached hydrogens (tertiary/aromatic N) is 4. The number of anilines is 1. The Labute approximate surface area is 180 Å². The lowest BCUT2D eigenvalue weighted by Crippen LogP contribution is -2.49. The molecule has 6 heteroatoms. The van der Waals surface area contributed by atoms with Crippen LogP contribution in [0, 0.1) is 19.8 Å². The van der Waals surface area contributed by atoms with Gasteiger partial charge in [-0.15, -0.1) is 0 Å². The Balaban J connectivity index is 1.61. The van der Waals surface area contributed by atoms with Crippen molar-refractivity contribution in [2.24, 2.45) is 5.92 Å². The number of piperazine rings is 1. The van der Waals surface area contributed by atoms with Crippen LogP contribution in [0.5, 0.6) is 0 Å². The van der Waals surface area contributed by atoms with Crippen LogP contribution in [0.2, 0.25) is 0 Å². The van der Waals surface area contributed by atoms with E-state index in [1.54, 1.807) is 0 Å². The largest absolute Gasteiger partial charge is 0.389 e. The number of ether oxygens (including phenoxy) is 1. The van der Waals surface area contributed by atoms with E-state index in [-0.39, 0.29) is 0 Å². The molecule has 2 aromatic rings. The van der Waals surface area contributed by atoms with Gasteiger partial charge in [0, 0.05) is 57.0 Å². The summed E-state index contributed by atoms with van der Waals surface area (Å²) in [7, 11) is 0. The van der Waals surface area contributed by atoms with Gasteiger partial charge in [-0.2, -0.15) is 0 Å². The quantitative estimate of drug-likeness (QED) is 0.683. The van der Waals surface area contributed by atoms with E-state index in [2.05, 4.69) is 59.8 Å². The molecular weight excluding hydrogens is 376 g/mol. The second kappa shape index (κ2) is 10.8. The zero-order valence-corrected chi connectivity index (χ0v) is 18.8. The second-order valence-corrected chi connectivity index (χ2v) is 8.69. The van der Waals surface area contributed by atoms with E-state index in [9.17, 15) is 5.11 Å². The average molecular weight is 413 g/mol. The zero-order chi connectivity index (χ0) is 21.5. The molecule has 1 saturated heterocycles. The molecule has 1 fully saturated rings. The van der Waals surface area contributed by atoms with Gasteiger partial charge in [0.15, 0.2) is 0 Å². The number of benzene rings is 1. The maximum Gasteiger partial charge on any atom is 0.136 e. The molecule has 1 aromatic heterocycles. The summed E-state index contributed by atoms with van der Waals surface area (Å²) < 4.78 is 5.58. The van der Waals surface area contributed by atoms with Crippen LogP contribution >= 0.6 is 0 Å². The summed E-state index contributed by atoms with van der Waals surface area (Å²) in [5.41, 5.74) is 3.54. The van der Waals surface area contributed by atoms with Crippen molar-refractivity contribution >= 4 is 5.82 Å². The number of hydrogen-bond donors (Lipinski definition) is 1. The van der Waals surface area contributed by atoms with E-state index < -0.39 is 6.10 Å². The normalized spacial score (nSPS) is 16.3. The third kappa shape index (κ3) is 6.49. The van der Waals surface area contributed by atoms with Gasteiger partial charge in [0.2, 0.25) is 0 Å². The number of hydrogen-bond acceptors (Lipinski definition) is 6. The van der Waals surface area contributed by atoms with Gasteiger partial charge in [0.05, 0.1) is 12.7 Å². The number of β-amino-alcohol motifs (C(OH)–C–C–N with tert-alkyl or cyclic N) is 1. The lowest BCUT2D eigenvalue weighted by molar-refractivity contribution is 0.00745. The molecule has 1 aliphatic rings. The Morgan fingerprint density at radius 1 is 1.00 bits per heavy atom. The van der Waals surface area contributed by atoms with E-state index in [4.69, 9.17) is 9.72 Å². The van der Waals surface area contributed by atoms with Gasteiger partial charge in [-0.05, 0) is 25.3 Å². The van der Waals surface area contributed by atoms with E-state index in [0.717, 1.165) is 49.9 Å². The molecule has 3 rings (SSSR count). The van der Waals surface area contributed by atoms with Crippen molar-refractivity contribution in [1.82, 2.24) is 14.9 Å². The first kappa shape index (κ1) is 22.7. The monoisotopic (exact) mass is 412 g/mol. The minimum absolute atomic E-state index is 0.407. The van der Waals surface area contributed by atoms with Gasteiger partial charge in [-0.1, -0.05) is 44.2 Å². The van der Waals surface area contributed by atoms with Crippen LogP contribution in [-0.4, -0.2) is 72.0 Å². The molecule has 164 valence electrons. The molecule has 0 saturated carbocycles. The fraction of sp³-hybridized carbons (Fsp3) is 0.583. The highest BCUT2D eigenvalue weighted by atomic mass is 16.5. The second-order valence-electron chi connectivity index (χ2n) is 8.69. The molecule has 0 unspecified atom stereocenters. The van der Waals surface area contributed by atoms with Crippen molar-refractivity contribution in [3.8, 4) is 0 Å². The highest BCUT2D eigenvalue weighted by Crippen LogP contribution is 2.25. The van der Waals surface area contributed by atoms with Crippen LogP contribution in [0.1, 0.15) is 36.5 Å². The van der Waals surface area contributed by atoms with Crippen LogP contribution < -0.4 is 4.90 Å². The van der Waals surface area contributed by atoms with E-state index in [0.29, 0.717) is 25.7 Å². The molecular formula is C24H36N4O2. The SMILES string of the molecule is Cc1nc(C)c(Cc2ccccc2)c(N2CCN(C[C@@H](O)COCC(C)C)CC2)n1. The van der Waals surface area contributed by atoms with Crippen LogP contribution in [-0.2, 0) is 11.2 Å². The van der Waals surface area contributed by atoms with Gasteiger partial charge in [0.1, 0.15) is 11.6 Å². The summed E-state index contributed by atoms with van der Waals surface area (Å²) in [6.45, 7) is 13.7. The first-order chi connectivity index (χ1) is 14.4. The Morgan fingerprint density at radius 2 is 1.70 bits per heavy atom. The summed E-state index contributed by atoms with van der Waals surface area (Å²) in [4.78, 5) is 14.1. The predicted molar refractivity (Wildman–Crippen MR) is 121 cm³/mol. The Bertz CT molecular complexity index is 789. The van der Waals surface area contributed by atoms with Gasteiger partial charge in [-0.3, -0.25) is 4.90 Å². The van der Waals surface area contributed by atoms with E-state index in [1.165, 1.54) is 11.1 Å². The van der Waals surface area contributed by atoms with Crippen LogP contribution in [0.25, 0.3) is 0 Å². The fourth-order valence-corrected chi connectivity index (χ4v) is 3.92. The minimum atomic E-state index is -0.438. The Hall–Kier alpha value is -2.02. The summed E-state index contributed by atoms with van der Waals surface area (Å²) >= 11 is 0. The van der Waals surface area contributed by atoms with Crippen LogP contribution in [0.15, 0.2) is 30.3 Å². The summed E-state index contributed by atoms with van der Waals surface area (Å²) in [6.07, 6.45) is 0.404. The Morgan fingerprint density at radius 3 is 2.37 bits per heavy atom. The number of aryl methyl sites for hydroxylation is 2. The molecule has 0 radical (unpaired) electrons. The highest BCUT2D eigenvalue weighted by molar-refractivity contribution is 5.51. The molecule has 6 nitrogen and oxygen atoms in total. The molecule has 2 heterocycles. The summed E-state index contributed by atoms with van der Waals surface area (Å²) in [6, 6.07) is 10.5. The smallest absolute Gasteiger partial charge is 0.136 e. The van der Waals surface area contributed by atoms with Crippen molar-refractivity contribution in [3.05, 3.63) is 53.0 Å². The Kier molecular flexibility index (Phi) is 8.19. The lowest BCUT2D eigenvalue weighted by Gasteiger charge is -2.37. The molecule has 1 aliphatic heterocycles. The van der Waals surface area contributed by atoms with Crippen molar-refractivity contribution in [1.29, 1.82) is 0 Å². The molecule has 0 amide bonds. The van der Waals surface area contributed by atoms with Crippen LogP contribution in [0.4, 0.5) is 5.82 Å². The average Bonchev–Trinajstić information content (AvgIpc) is 2.71. The third-order valence-electron chi connectivity index (χ3n) is 5.43. The first-order valence-electron chi connectivity index (χ1n) is 11.0. The first-order valence-corrected chi connectivity index (χ1v) is 11.0. The van der Waals surface area contributed by atoms with Gasteiger partial charge >= 0.3 is 0 Å². The maximum atomic E-state index is 10.3. The lowest BCUT2D eigenvalue weighted by atomic mass is 10.0. The molecule has 1 N–H and O–H groups in total. The number of aliphatic hydroxyl groups excluding tert-OH is 1. The van der Waals surface area contributed by atoms with E-state index in [1.807, 2.05) is 13.0 Å². The van der Waals surface area contributed by atoms with Crippen molar-refractivity contribution in [2.45, 2.75) is 40.2 Å². The van der Waals surface area contributed by atoms with Gasteiger partial charge in [0.25, 0.3) is 0 Å². The number of aliphatic hydroxyl groups is 1. The fourth-order valence-electron chi connectivity index (χ4n) is 3.92. The molecule has 0 aliphatic carbocycles.